The summed E-state index contributed by atoms with van der Waals surface area (Å²) in [7, 11) is 0. The van der Waals surface area contributed by atoms with Crippen LogP contribution in [0, 0.1) is 11.8 Å². The monoisotopic (exact) mass is 674 g/mol. The standard InChI is InChI=1S/C34H41ClF2N4O4S/c1-20(32-40-19-28(46-32)31(44)41-29-17-24(34(5,36)37)25(35)18-39-29)6-10-27(42)26-16-23(12-13-38-26)15-22-8-7-21(14-22)9-11-30(43)45-33(2,3)4/h12-13,16-22H,6-11,14-15H2,1-5H3,(H,39,41,44). The molecule has 0 spiro atoms. The molecule has 3 heterocycles. The average Bonchev–Trinajstić information content (AvgIpc) is 3.65. The predicted molar refractivity (Wildman–Crippen MR) is 175 cm³/mol. The number of pyridine rings is 2. The molecule has 3 aromatic rings. The summed E-state index contributed by atoms with van der Waals surface area (Å²) in [6.07, 6.45) is 10.4. The highest BCUT2D eigenvalue weighted by Crippen LogP contribution is 2.37. The molecule has 1 N–H and O–H groups in total. The molecule has 8 nitrogen and oxygen atoms in total. The van der Waals surface area contributed by atoms with Crippen LogP contribution in [0.4, 0.5) is 14.6 Å². The van der Waals surface area contributed by atoms with Gasteiger partial charge in [-0.05, 0) is 88.5 Å². The molecule has 0 aliphatic heterocycles. The summed E-state index contributed by atoms with van der Waals surface area (Å²) >= 11 is 7.02. The molecule has 12 heteroatoms. The molecular formula is C34H41ClF2N4O4S. The number of esters is 1. The molecule has 1 aliphatic rings. The van der Waals surface area contributed by atoms with E-state index in [0.29, 0.717) is 40.3 Å². The molecule has 1 fully saturated rings. The highest BCUT2D eigenvalue weighted by Gasteiger charge is 2.29. The van der Waals surface area contributed by atoms with E-state index in [1.54, 1.807) is 6.20 Å². The van der Waals surface area contributed by atoms with Crippen LogP contribution >= 0.6 is 22.9 Å². The molecule has 3 unspecified atom stereocenters. The number of Topliss-reactive ketones (excluding diaryl/α,β-unsaturated/α-hetero) is 1. The third-order valence-corrected chi connectivity index (χ3v) is 9.53. The van der Waals surface area contributed by atoms with Crippen LogP contribution in [0.1, 0.15) is 122 Å². The Labute approximate surface area is 277 Å². The molecule has 0 saturated heterocycles. The highest BCUT2D eigenvalue weighted by molar-refractivity contribution is 7.13. The number of hydrogen-bond acceptors (Lipinski definition) is 8. The van der Waals surface area contributed by atoms with E-state index in [2.05, 4.69) is 20.3 Å². The maximum Gasteiger partial charge on any atom is 0.306 e. The molecule has 1 amide bonds. The van der Waals surface area contributed by atoms with Crippen LogP contribution in [0.25, 0.3) is 0 Å². The maximum atomic E-state index is 13.8. The van der Waals surface area contributed by atoms with Gasteiger partial charge in [0.25, 0.3) is 11.8 Å². The lowest BCUT2D eigenvalue weighted by Gasteiger charge is -2.20. The number of carbonyl (C=O) groups excluding carboxylic acids is 3. The largest absolute Gasteiger partial charge is 0.460 e. The molecule has 248 valence electrons. The molecule has 3 atom stereocenters. The van der Waals surface area contributed by atoms with Crippen molar-refractivity contribution in [3.05, 3.63) is 68.5 Å². The number of carbonyl (C=O) groups is 3. The lowest BCUT2D eigenvalue weighted by molar-refractivity contribution is -0.155. The summed E-state index contributed by atoms with van der Waals surface area (Å²) < 4.78 is 33.1. The van der Waals surface area contributed by atoms with E-state index < -0.39 is 23.0 Å². The lowest BCUT2D eigenvalue weighted by atomic mass is 9.94. The van der Waals surface area contributed by atoms with E-state index in [9.17, 15) is 23.2 Å². The number of ketones is 1. The Morgan fingerprint density at radius 2 is 1.80 bits per heavy atom. The second kappa shape index (κ2) is 15.1. The Balaban J connectivity index is 1.25. The Bertz CT molecular complexity index is 1550. The van der Waals surface area contributed by atoms with Crippen molar-refractivity contribution in [1.29, 1.82) is 0 Å². The zero-order valence-electron chi connectivity index (χ0n) is 26.9. The maximum absolute atomic E-state index is 13.8. The second-order valence-corrected chi connectivity index (χ2v) is 14.7. The van der Waals surface area contributed by atoms with Gasteiger partial charge in [-0.25, -0.2) is 18.7 Å². The van der Waals surface area contributed by atoms with Crippen molar-refractivity contribution in [1.82, 2.24) is 15.0 Å². The average molecular weight is 675 g/mol. The number of rotatable bonds is 13. The van der Waals surface area contributed by atoms with Crippen LogP contribution in [0.3, 0.4) is 0 Å². The fourth-order valence-electron chi connectivity index (χ4n) is 5.67. The fraction of sp³-hybridized carbons (Fsp3) is 0.529. The van der Waals surface area contributed by atoms with Gasteiger partial charge in [-0.15, -0.1) is 11.3 Å². The third-order valence-electron chi connectivity index (χ3n) is 8.00. The molecule has 0 bridgehead atoms. The van der Waals surface area contributed by atoms with Crippen molar-refractivity contribution in [2.45, 2.75) is 103 Å². The third kappa shape index (κ3) is 10.4. The summed E-state index contributed by atoms with van der Waals surface area (Å²) in [6.45, 7) is 8.30. The minimum Gasteiger partial charge on any atom is -0.460 e. The molecule has 4 rings (SSSR count). The number of aromatic nitrogens is 3. The van der Waals surface area contributed by atoms with Crippen molar-refractivity contribution in [3.63, 3.8) is 0 Å². The van der Waals surface area contributed by atoms with E-state index in [0.717, 1.165) is 56.9 Å². The number of hydrogen-bond donors (Lipinski definition) is 1. The van der Waals surface area contributed by atoms with Gasteiger partial charge in [-0.3, -0.25) is 19.4 Å². The Morgan fingerprint density at radius 3 is 2.52 bits per heavy atom. The van der Waals surface area contributed by atoms with Gasteiger partial charge in [0.05, 0.1) is 16.2 Å². The van der Waals surface area contributed by atoms with E-state index >= 15 is 0 Å². The number of thiazole rings is 1. The molecule has 1 saturated carbocycles. The smallest absolute Gasteiger partial charge is 0.306 e. The number of nitrogens with zero attached hydrogens (tertiary/aromatic N) is 3. The second-order valence-electron chi connectivity index (χ2n) is 13.2. The summed E-state index contributed by atoms with van der Waals surface area (Å²) in [5.74, 6) is -3.02. The molecule has 1 aliphatic carbocycles. The van der Waals surface area contributed by atoms with Crippen molar-refractivity contribution in [3.8, 4) is 0 Å². The number of amides is 1. The first-order valence-corrected chi connectivity index (χ1v) is 16.8. The number of halogens is 3. The first-order chi connectivity index (χ1) is 21.6. The van der Waals surface area contributed by atoms with Crippen molar-refractivity contribution >= 4 is 46.4 Å². The number of anilines is 1. The summed E-state index contributed by atoms with van der Waals surface area (Å²) in [5, 5.41) is 3.02. The van der Waals surface area contributed by atoms with Crippen LogP contribution in [0.2, 0.25) is 5.02 Å². The lowest BCUT2D eigenvalue weighted by Crippen LogP contribution is -2.24. The summed E-state index contributed by atoms with van der Waals surface area (Å²) in [6, 6.07) is 4.90. The van der Waals surface area contributed by atoms with Gasteiger partial charge in [0.2, 0.25) is 0 Å². The zero-order valence-corrected chi connectivity index (χ0v) is 28.4. The van der Waals surface area contributed by atoms with Crippen LogP contribution in [-0.2, 0) is 21.9 Å². The van der Waals surface area contributed by atoms with Gasteiger partial charge >= 0.3 is 5.97 Å². The van der Waals surface area contributed by atoms with Crippen LogP contribution in [-0.4, -0.2) is 38.2 Å². The van der Waals surface area contributed by atoms with Crippen LogP contribution in [0.15, 0.2) is 36.8 Å². The normalized spacial score (nSPS) is 17.5. The topological polar surface area (TPSA) is 111 Å². The van der Waals surface area contributed by atoms with Crippen LogP contribution in [0.5, 0.6) is 0 Å². The Morgan fingerprint density at radius 1 is 1.07 bits per heavy atom. The van der Waals surface area contributed by atoms with Gasteiger partial charge in [-0.1, -0.05) is 24.9 Å². The Hall–Kier alpha value is -3.31. The van der Waals surface area contributed by atoms with Gasteiger partial charge < -0.3 is 10.1 Å². The SMILES string of the molecule is CC(CCC(=O)c1cc(CC2CCC(CCC(=O)OC(C)(C)C)C2)ccn1)c1ncc(C(=O)Nc2cc(C(C)(F)F)c(Cl)cn2)s1. The minimum atomic E-state index is -3.19. The molecule has 0 radical (unpaired) electrons. The minimum absolute atomic E-state index is 0.0415. The molecule has 46 heavy (non-hydrogen) atoms. The molecular weight excluding hydrogens is 634 g/mol. The first-order valence-electron chi connectivity index (χ1n) is 15.6. The van der Waals surface area contributed by atoms with Gasteiger partial charge in [0.15, 0.2) is 5.78 Å². The van der Waals surface area contributed by atoms with E-state index in [-0.39, 0.29) is 34.9 Å². The number of alkyl halides is 2. The number of ether oxygens (including phenoxy) is 1. The van der Waals surface area contributed by atoms with E-state index in [1.165, 1.54) is 17.5 Å². The van der Waals surface area contributed by atoms with Gasteiger partial charge in [0.1, 0.15) is 22.0 Å². The Kier molecular flexibility index (Phi) is 11.6. The molecule has 0 aromatic carbocycles. The predicted octanol–water partition coefficient (Wildman–Crippen LogP) is 8.80. The molecule has 3 aromatic heterocycles. The van der Waals surface area contributed by atoms with E-state index in [1.807, 2.05) is 39.8 Å². The summed E-state index contributed by atoms with van der Waals surface area (Å²) in [4.78, 5) is 50.8. The van der Waals surface area contributed by atoms with Gasteiger partial charge in [0, 0.05) is 43.6 Å². The quantitative estimate of drug-likeness (QED) is 0.142. The van der Waals surface area contributed by atoms with Crippen LogP contribution < -0.4 is 5.32 Å². The fourth-order valence-corrected chi connectivity index (χ4v) is 6.84. The zero-order chi connectivity index (χ0) is 33.6. The van der Waals surface area contributed by atoms with E-state index in [4.69, 9.17) is 16.3 Å². The number of nitrogens with one attached hydrogen (secondary N) is 1. The first kappa shape index (κ1) is 35.5. The summed E-state index contributed by atoms with van der Waals surface area (Å²) in [5.41, 5.74) is 0.638. The van der Waals surface area contributed by atoms with Crippen molar-refractivity contribution in [2.24, 2.45) is 11.8 Å². The van der Waals surface area contributed by atoms with Gasteiger partial charge in [-0.2, -0.15) is 0 Å². The van der Waals surface area contributed by atoms with Crippen molar-refractivity contribution in [2.75, 3.05) is 5.32 Å². The van der Waals surface area contributed by atoms with Crippen molar-refractivity contribution < 1.29 is 27.9 Å². The highest BCUT2D eigenvalue weighted by atomic mass is 35.5.